The fourth-order valence-electron chi connectivity index (χ4n) is 3.65. The highest BCUT2D eigenvalue weighted by Crippen LogP contribution is 2.37. The number of aryl methyl sites for hydroxylation is 2. The highest BCUT2D eigenvalue weighted by atomic mass is 16.5. The van der Waals surface area contributed by atoms with Crippen LogP contribution >= 0.6 is 0 Å². The molecule has 25 heavy (non-hydrogen) atoms. The standard InChI is InChI=1S/C21H23NO3/c1-14-9-10-17(15(2)13-14)20(16-7-5-4-6-8-16)22-18(21(24)25-3)11-12-19(22)23/h4-10,13,18,20H,11-12H2,1-3H3. The molecule has 1 amide bonds. The van der Waals surface area contributed by atoms with Gasteiger partial charge in [-0.15, -0.1) is 0 Å². The van der Waals surface area contributed by atoms with Crippen molar-refractivity contribution in [3.63, 3.8) is 0 Å². The van der Waals surface area contributed by atoms with Gasteiger partial charge in [-0.3, -0.25) is 4.79 Å². The summed E-state index contributed by atoms with van der Waals surface area (Å²) in [5.74, 6) is -0.360. The maximum absolute atomic E-state index is 12.7. The van der Waals surface area contributed by atoms with Gasteiger partial charge in [0, 0.05) is 6.42 Å². The molecule has 130 valence electrons. The van der Waals surface area contributed by atoms with Crippen LogP contribution in [-0.4, -0.2) is 29.9 Å². The molecule has 0 spiro atoms. The highest BCUT2D eigenvalue weighted by molar-refractivity contribution is 5.89. The summed E-state index contributed by atoms with van der Waals surface area (Å²) in [7, 11) is 1.37. The second-order valence-electron chi connectivity index (χ2n) is 6.55. The molecule has 3 rings (SSSR count). The topological polar surface area (TPSA) is 46.6 Å². The van der Waals surface area contributed by atoms with Crippen LogP contribution in [0.5, 0.6) is 0 Å². The van der Waals surface area contributed by atoms with E-state index in [0.29, 0.717) is 12.8 Å². The second-order valence-corrected chi connectivity index (χ2v) is 6.55. The third-order valence-corrected chi connectivity index (χ3v) is 4.84. The summed E-state index contributed by atoms with van der Waals surface area (Å²) in [4.78, 5) is 26.7. The maximum atomic E-state index is 12.7. The van der Waals surface area contributed by atoms with E-state index in [1.807, 2.05) is 50.2 Å². The predicted octanol–water partition coefficient (Wildman–Crippen LogP) is 3.56. The van der Waals surface area contributed by atoms with E-state index in [1.165, 1.54) is 12.7 Å². The molecule has 2 atom stereocenters. The van der Waals surface area contributed by atoms with Crippen molar-refractivity contribution in [2.24, 2.45) is 0 Å². The molecule has 0 aromatic heterocycles. The van der Waals surface area contributed by atoms with E-state index in [2.05, 4.69) is 12.1 Å². The molecule has 0 saturated carbocycles. The second kappa shape index (κ2) is 7.09. The number of rotatable bonds is 4. The van der Waals surface area contributed by atoms with E-state index in [0.717, 1.165) is 16.7 Å². The molecule has 4 heteroatoms. The van der Waals surface area contributed by atoms with Gasteiger partial charge in [0.25, 0.3) is 0 Å². The Kier molecular flexibility index (Phi) is 4.88. The highest BCUT2D eigenvalue weighted by Gasteiger charge is 2.42. The molecule has 0 radical (unpaired) electrons. The van der Waals surface area contributed by atoms with E-state index in [4.69, 9.17) is 4.74 Å². The van der Waals surface area contributed by atoms with Crippen LogP contribution in [0.2, 0.25) is 0 Å². The zero-order valence-corrected chi connectivity index (χ0v) is 14.9. The smallest absolute Gasteiger partial charge is 0.328 e. The van der Waals surface area contributed by atoms with Crippen molar-refractivity contribution < 1.29 is 14.3 Å². The van der Waals surface area contributed by atoms with E-state index < -0.39 is 6.04 Å². The van der Waals surface area contributed by atoms with E-state index >= 15 is 0 Å². The van der Waals surface area contributed by atoms with Crippen molar-refractivity contribution >= 4 is 11.9 Å². The molecule has 0 N–H and O–H groups in total. The molecular formula is C21H23NO3. The van der Waals surface area contributed by atoms with Crippen LogP contribution in [0.3, 0.4) is 0 Å². The lowest BCUT2D eigenvalue weighted by Gasteiger charge is -2.33. The number of benzene rings is 2. The number of nitrogens with zero attached hydrogens (tertiary/aromatic N) is 1. The summed E-state index contributed by atoms with van der Waals surface area (Å²) in [6.45, 7) is 4.10. The zero-order valence-electron chi connectivity index (χ0n) is 14.9. The fourth-order valence-corrected chi connectivity index (χ4v) is 3.65. The first-order valence-electron chi connectivity index (χ1n) is 8.54. The van der Waals surface area contributed by atoms with Crippen molar-refractivity contribution in [1.82, 2.24) is 4.90 Å². The molecule has 2 unspecified atom stereocenters. The average molecular weight is 337 g/mol. The van der Waals surface area contributed by atoms with Crippen LogP contribution in [0, 0.1) is 13.8 Å². The normalized spacial score (nSPS) is 18.3. The van der Waals surface area contributed by atoms with Gasteiger partial charge in [-0.2, -0.15) is 0 Å². The van der Waals surface area contributed by atoms with Crippen molar-refractivity contribution in [2.75, 3.05) is 7.11 Å². The van der Waals surface area contributed by atoms with Crippen molar-refractivity contribution in [1.29, 1.82) is 0 Å². The van der Waals surface area contributed by atoms with Crippen LogP contribution < -0.4 is 0 Å². The van der Waals surface area contributed by atoms with Gasteiger partial charge in [0.15, 0.2) is 0 Å². The monoisotopic (exact) mass is 337 g/mol. The number of hydrogen-bond acceptors (Lipinski definition) is 3. The number of esters is 1. The van der Waals surface area contributed by atoms with Gasteiger partial charge >= 0.3 is 5.97 Å². The number of ether oxygens (including phenoxy) is 1. The number of likely N-dealkylation sites (tertiary alicyclic amines) is 1. The summed E-state index contributed by atoms with van der Waals surface area (Å²) >= 11 is 0. The summed E-state index contributed by atoms with van der Waals surface area (Å²) in [5, 5.41) is 0. The number of carbonyl (C=O) groups is 2. The van der Waals surface area contributed by atoms with Gasteiger partial charge in [-0.25, -0.2) is 4.79 Å². The summed E-state index contributed by atoms with van der Waals surface area (Å²) < 4.78 is 4.95. The molecule has 0 bridgehead atoms. The van der Waals surface area contributed by atoms with Crippen molar-refractivity contribution in [2.45, 2.75) is 38.8 Å². The summed E-state index contributed by atoms with van der Waals surface area (Å²) in [6, 6.07) is 15.3. The lowest BCUT2D eigenvalue weighted by Crippen LogP contribution is -2.42. The Balaban J connectivity index is 2.14. The Morgan fingerprint density at radius 3 is 2.52 bits per heavy atom. The van der Waals surface area contributed by atoms with Crippen LogP contribution in [0.4, 0.5) is 0 Å². The Labute approximate surface area is 148 Å². The number of methoxy groups -OCH3 is 1. The van der Waals surface area contributed by atoms with Gasteiger partial charge in [0.05, 0.1) is 13.2 Å². The minimum atomic E-state index is -0.539. The Morgan fingerprint density at radius 2 is 1.88 bits per heavy atom. The van der Waals surface area contributed by atoms with Crippen LogP contribution in [0.1, 0.15) is 41.1 Å². The Bertz CT molecular complexity index is 785. The van der Waals surface area contributed by atoms with Gasteiger partial charge in [-0.1, -0.05) is 54.1 Å². The Morgan fingerprint density at radius 1 is 1.16 bits per heavy atom. The first kappa shape index (κ1) is 17.2. The summed E-state index contributed by atoms with van der Waals surface area (Å²) in [6.07, 6.45) is 0.869. The molecule has 1 heterocycles. The quantitative estimate of drug-likeness (QED) is 0.802. The van der Waals surface area contributed by atoms with Crippen LogP contribution in [0.15, 0.2) is 48.5 Å². The van der Waals surface area contributed by atoms with Crippen molar-refractivity contribution in [3.8, 4) is 0 Å². The number of carbonyl (C=O) groups excluding carboxylic acids is 2. The third-order valence-electron chi connectivity index (χ3n) is 4.84. The average Bonchev–Trinajstić information content (AvgIpc) is 2.99. The first-order chi connectivity index (χ1) is 12.0. The van der Waals surface area contributed by atoms with Crippen LogP contribution in [-0.2, 0) is 14.3 Å². The molecule has 2 aromatic carbocycles. The first-order valence-corrected chi connectivity index (χ1v) is 8.54. The minimum Gasteiger partial charge on any atom is -0.467 e. The Hall–Kier alpha value is -2.62. The molecule has 1 aliphatic rings. The molecule has 1 fully saturated rings. The van der Waals surface area contributed by atoms with E-state index in [-0.39, 0.29) is 17.9 Å². The van der Waals surface area contributed by atoms with Crippen LogP contribution in [0.25, 0.3) is 0 Å². The molecule has 1 saturated heterocycles. The fraction of sp³-hybridized carbons (Fsp3) is 0.333. The van der Waals surface area contributed by atoms with E-state index in [1.54, 1.807) is 4.90 Å². The molecule has 0 aliphatic carbocycles. The lowest BCUT2D eigenvalue weighted by atomic mass is 9.92. The minimum absolute atomic E-state index is 0.00997. The molecule has 4 nitrogen and oxygen atoms in total. The molecule has 2 aromatic rings. The van der Waals surface area contributed by atoms with Gasteiger partial charge in [0.1, 0.15) is 6.04 Å². The number of amides is 1. The lowest BCUT2D eigenvalue weighted by molar-refractivity contribution is -0.150. The molecule has 1 aliphatic heterocycles. The van der Waals surface area contributed by atoms with Gasteiger partial charge in [0.2, 0.25) is 5.91 Å². The van der Waals surface area contributed by atoms with Crippen molar-refractivity contribution in [3.05, 3.63) is 70.8 Å². The SMILES string of the molecule is COC(=O)C1CCC(=O)N1C(c1ccccc1)c1ccc(C)cc1C. The number of hydrogen-bond donors (Lipinski definition) is 0. The van der Waals surface area contributed by atoms with E-state index in [9.17, 15) is 9.59 Å². The summed E-state index contributed by atoms with van der Waals surface area (Å²) in [5.41, 5.74) is 4.32. The molecular weight excluding hydrogens is 314 g/mol. The predicted molar refractivity (Wildman–Crippen MR) is 96.1 cm³/mol. The largest absolute Gasteiger partial charge is 0.467 e. The maximum Gasteiger partial charge on any atom is 0.328 e. The van der Waals surface area contributed by atoms with Gasteiger partial charge in [-0.05, 0) is 37.0 Å². The zero-order chi connectivity index (χ0) is 18.0. The third kappa shape index (κ3) is 3.29. The van der Waals surface area contributed by atoms with Gasteiger partial charge < -0.3 is 9.64 Å².